The second kappa shape index (κ2) is 5.69. The van der Waals surface area contributed by atoms with Gasteiger partial charge in [-0.25, -0.2) is 0 Å². The third-order valence-electron chi connectivity index (χ3n) is 2.44. The summed E-state index contributed by atoms with van der Waals surface area (Å²) in [6.45, 7) is 4.87. The van der Waals surface area contributed by atoms with E-state index >= 15 is 0 Å². The van der Waals surface area contributed by atoms with E-state index in [-0.39, 0.29) is 11.7 Å². The molecule has 1 aliphatic rings. The maximum atomic E-state index is 11.4. The summed E-state index contributed by atoms with van der Waals surface area (Å²) in [5.41, 5.74) is 1.12. The molecule has 0 aromatic rings. The first-order valence-electron chi connectivity index (χ1n) is 5.57. The predicted octanol–water partition coefficient (Wildman–Crippen LogP) is 1.83. The Morgan fingerprint density at radius 2 is 2.20 bits per heavy atom. The van der Waals surface area contributed by atoms with E-state index in [2.05, 4.69) is 19.2 Å². The summed E-state index contributed by atoms with van der Waals surface area (Å²) in [4.78, 5) is 22.3. The number of ketones is 1. The van der Waals surface area contributed by atoms with E-state index in [4.69, 9.17) is 0 Å². The van der Waals surface area contributed by atoms with Crippen LogP contribution in [-0.4, -0.2) is 18.2 Å². The molecule has 1 aliphatic carbocycles. The Labute approximate surface area is 90.9 Å². The van der Waals surface area contributed by atoms with Crippen LogP contribution in [0, 0.1) is 5.92 Å². The molecule has 0 aromatic heterocycles. The van der Waals surface area contributed by atoms with Crippen molar-refractivity contribution in [2.75, 3.05) is 6.54 Å². The molecule has 0 unspecified atom stereocenters. The zero-order chi connectivity index (χ0) is 11.3. The fourth-order valence-corrected chi connectivity index (χ4v) is 1.53. The molecule has 84 valence electrons. The van der Waals surface area contributed by atoms with Gasteiger partial charge in [0.1, 0.15) is 0 Å². The van der Waals surface area contributed by atoms with Gasteiger partial charge >= 0.3 is 0 Å². The van der Waals surface area contributed by atoms with Crippen LogP contribution < -0.4 is 5.32 Å². The lowest BCUT2D eigenvalue weighted by atomic mass is 10.1. The molecule has 3 nitrogen and oxygen atoms in total. The van der Waals surface area contributed by atoms with Gasteiger partial charge in [0.2, 0.25) is 5.91 Å². The van der Waals surface area contributed by atoms with Crippen molar-refractivity contribution in [3.05, 3.63) is 11.6 Å². The van der Waals surface area contributed by atoms with Gasteiger partial charge < -0.3 is 5.32 Å². The minimum absolute atomic E-state index is 0.0870. The standard InChI is InChI=1S/C12H19NO2/c1-9(2)8-13-12(15)6-4-10-3-5-11(14)7-10/h7,9H,3-6,8H2,1-2H3,(H,13,15). The van der Waals surface area contributed by atoms with Gasteiger partial charge in [-0.05, 0) is 24.8 Å². The van der Waals surface area contributed by atoms with Gasteiger partial charge in [0, 0.05) is 19.4 Å². The van der Waals surface area contributed by atoms with Crippen LogP contribution in [-0.2, 0) is 9.59 Å². The lowest BCUT2D eigenvalue weighted by Gasteiger charge is -2.07. The molecule has 3 heteroatoms. The number of carbonyl (C=O) groups is 2. The van der Waals surface area contributed by atoms with Crippen LogP contribution in [0.1, 0.15) is 39.5 Å². The van der Waals surface area contributed by atoms with E-state index in [1.165, 1.54) is 0 Å². The van der Waals surface area contributed by atoms with Gasteiger partial charge in [-0.3, -0.25) is 9.59 Å². The highest BCUT2D eigenvalue weighted by Gasteiger charge is 2.12. The Kier molecular flexibility index (Phi) is 4.53. The molecular formula is C12H19NO2. The first-order valence-corrected chi connectivity index (χ1v) is 5.57. The van der Waals surface area contributed by atoms with E-state index < -0.39 is 0 Å². The smallest absolute Gasteiger partial charge is 0.220 e. The summed E-state index contributed by atoms with van der Waals surface area (Å²) >= 11 is 0. The third kappa shape index (κ3) is 4.77. The van der Waals surface area contributed by atoms with Gasteiger partial charge in [-0.2, -0.15) is 0 Å². The van der Waals surface area contributed by atoms with Gasteiger partial charge in [-0.15, -0.1) is 0 Å². The highest BCUT2D eigenvalue weighted by Crippen LogP contribution is 2.19. The van der Waals surface area contributed by atoms with Gasteiger partial charge in [0.15, 0.2) is 5.78 Å². The van der Waals surface area contributed by atoms with Crippen LogP contribution in [0.3, 0.4) is 0 Å². The number of rotatable bonds is 5. The minimum Gasteiger partial charge on any atom is -0.356 e. The van der Waals surface area contributed by atoms with Gasteiger partial charge in [-0.1, -0.05) is 19.4 Å². The zero-order valence-electron chi connectivity index (χ0n) is 9.51. The topological polar surface area (TPSA) is 46.2 Å². The maximum absolute atomic E-state index is 11.4. The van der Waals surface area contributed by atoms with Crippen LogP contribution >= 0.6 is 0 Å². The van der Waals surface area contributed by atoms with Crippen molar-refractivity contribution >= 4 is 11.7 Å². The largest absolute Gasteiger partial charge is 0.356 e. The number of hydrogen-bond acceptors (Lipinski definition) is 2. The van der Waals surface area contributed by atoms with Crippen molar-refractivity contribution in [3.63, 3.8) is 0 Å². The fraction of sp³-hybridized carbons (Fsp3) is 0.667. The van der Waals surface area contributed by atoms with Crippen molar-refractivity contribution < 1.29 is 9.59 Å². The number of nitrogens with one attached hydrogen (secondary N) is 1. The lowest BCUT2D eigenvalue weighted by Crippen LogP contribution is -2.26. The normalized spacial score (nSPS) is 15.7. The molecule has 0 saturated carbocycles. The maximum Gasteiger partial charge on any atom is 0.220 e. The number of amides is 1. The number of allylic oxidation sites excluding steroid dienone is 2. The predicted molar refractivity (Wildman–Crippen MR) is 59.4 cm³/mol. The van der Waals surface area contributed by atoms with Crippen molar-refractivity contribution in [2.45, 2.75) is 39.5 Å². The molecule has 15 heavy (non-hydrogen) atoms. The number of carbonyl (C=O) groups excluding carboxylic acids is 2. The van der Waals surface area contributed by atoms with E-state index in [0.29, 0.717) is 18.8 Å². The summed E-state index contributed by atoms with van der Waals surface area (Å²) in [7, 11) is 0. The SMILES string of the molecule is CC(C)CNC(=O)CCC1=CC(=O)CC1. The fourth-order valence-electron chi connectivity index (χ4n) is 1.53. The Hall–Kier alpha value is -1.12. The van der Waals surface area contributed by atoms with Crippen molar-refractivity contribution in [1.82, 2.24) is 5.32 Å². The molecule has 1 amide bonds. The van der Waals surface area contributed by atoms with E-state index in [1.807, 2.05) is 0 Å². The van der Waals surface area contributed by atoms with Crippen LogP contribution in [0.4, 0.5) is 0 Å². The average Bonchev–Trinajstić information content (AvgIpc) is 2.58. The lowest BCUT2D eigenvalue weighted by molar-refractivity contribution is -0.121. The monoisotopic (exact) mass is 209 g/mol. The molecule has 1 N–H and O–H groups in total. The van der Waals surface area contributed by atoms with Crippen molar-refractivity contribution in [3.8, 4) is 0 Å². The van der Waals surface area contributed by atoms with Gasteiger partial charge in [0.05, 0.1) is 0 Å². The second-order valence-electron chi connectivity index (χ2n) is 4.47. The van der Waals surface area contributed by atoms with E-state index in [0.717, 1.165) is 25.0 Å². The summed E-state index contributed by atoms with van der Waals surface area (Å²) < 4.78 is 0. The molecular weight excluding hydrogens is 190 g/mol. The van der Waals surface area contributed by atoms with E-state index in [1.54, 1.807) is 6.08 Å². The summed E-state index contributed by atoms with van der Waals surface area (Å²) in [6.07, 6.45) is 4.40. The molecule has 0 radical (unpaired) electrons. The summed E-state index contributed by atoms with van der Waals surface area (Å²) in [5, 5.41) is 2.87. The third-order valence-corrected chi connectivity index (χ3v) is 2.44. The minimum atomic E-state index is 0.0870. The molecule has 0 aromatic carbocycles. The Morgan fingerprint density at radius 3 is 2.73 bits per heavy atom. The molecule has 0 heterocycles. The molecule has 0 fully saturated rings. The molecule has 0 atom stereocenters. The Bertz CT molecular complexity index is 279. The molecule has 0 aliphatic heterocycles. The molecule has 0 bridgehead atoms. The van der Waals surface area contributed by atoms with Crippen LogP contribution in [0.2, 0.25) is 0 Å². The van der Waals surface area contributed by atoms with Crippen LogP contribution in [0.5, 0.6) is 0 Å². The van der Waals surface area contributed by atoms with Gasteiger partial charge in [0.25, 0.3) is 0 Å². The molecule has 0 saturated heterocycles. The zero-order valence-corrected chi connectivity index (χ0v) is 9.51. The van der Waals surface area contributed by atoms with Crippen molar-refractivity contribution in [2.24, 2.45) is 5.92 Å². The van der Waals surface area contributed by atoms with Crippen LogP contribution in [0.25, 0.3) is 0 Å². The average molecular weight is 209 g/mol. The van der Waals surface area contributed by atoms with Crippen LogP contribution in [0.15, 0.2) is 11.6 Å². The highest BCUT2D eigenvalue weighted by atomic mass is 16.1. The second-order valence-corrected chi connectivity index (χ2v) is 4.47. The first kappa shape index (κ1) is 12.0. The highest BCUT2D eigenvalue weighted by molar-refractivity contribution is 5.93. The summed E-state index contributed by atoms with van der Waals surface area (Å²) in [6, 6.07) is 0. The van der Waals surface area contributed by atoms with E-state index in [9.17, 15) is 9.59 Å². The van der Waals surface area contributed by atoms with Crippen molar-refractivity contribution in [1.29, 1.82) is 0 Å². The molecule has 1 rings (SSSR count). The number of hydrogen-bond donors (Lipinski definition) is 1. The first-order chi connectivity index (χ1) is 7.08. The summed E-state index contributed by atoms with van der Waals surface area (Å²) in [5.74, 6) is 0.776. The molecule has 0 spiro atoms. The Balaban J connectivity index is 2.17. The quantitative estimate of drug-likeness (QED) is 0.750. The Morgan fingerprint density at radius 1 is 1.47 bits per heavy atom.